The van der Waals surface area contributed by atoms with Gasteiger partial charge in [0.05, 0.1) is 11.6 Å². The molecule has 9 heteroatoms. The Hall–Kier alpha value is -3.72. The molecule has 0 aliphatic carbocycles. The Labute approximate surface area is 211 Å². The Balaban J connectivity index is 2.17. The minimum atomic E-state index is -1.09. The van der Waals surface area contributed by atoms with Gasteiger partial charge >= 0.3 is 0 Å². The van der Waals surface area contributed by atoms with Crippen LogP contribution in [0.4, 0.5) is 0 Å². The minimum absolute atomic E-state index is 0.0152. The molecular formula is C27H36N4O5. The summed E-state index contributed by atoms with van der Waals surface area (Å²) in [4.78, 5) is 51.9. The lowest BCUT2D eigenvalue weighted by Gasteiger charge is -2.33. The van der Waals surface area contributed by atoms with Gasteiger partial charge in [0.25, 0.3) is 0 Å². The van der Waals surface area contributed by atoms with Crippen LogP contribution in [0.15, 0.2) is 48.5 Å². The van der Waals surface area contributed by atoms with E-state index >= 15 is 0 Å². The number of rotatable bonds is 12. The fraction of sp³-hybridized carbons (Fsp3) is 0.407. The molecule has 2 aromatic rings. The van der Waals surface area contributed by atoms with Crippen LogP contribution in [0.3, 0.4) is 0 Å². The monoisotopic (exact) mass is 496 g/mol. The van der Waals surface area contributed by atoms with Crippen LogP contribution >= 0.6 is 0 Å². The van der Waals surface area contributed by atoms with Crippen molar-refractivity contribution in [3.8, 4) is 5.75 Å². The molecule has 36 heavy (non-hydrogen) atoms. The average molecular weight is 497 g/mol. The largest absolute Gasteiger partial charge is 0.507 e. The predicted octanol–water partition coefficient (Wildman–Crippen LogP) is 1.55. The molecule has 0 bridgehead atoms. The number of likely N-dealkylation sites (N-methyl/N-ethyl adjacent to an activating group) is 1. The summed E-state index contributed by atoms with van der Waals surface area (Å²) in [5.41, 5.74) is 13.3. The Morgan fingerprint density at radius 2 is 1.64 bits per heavy atom. The van der Waals surface area contributed by atoms with Crippen molar-refractivity contribution in [2.75, 3.05) is 7.05 Å². The number of carbonyl (C=O) groups excluding carboxylic acids is 4. The molecule has 1 unspecified atom stereocenters. The number of ketones is 1. The van der Waals surface area contributed by atoms with E-state index in [0.717, 1.165) is 5.56 Å². The van der Waals surface area contributed by atoms with Crippen molar-refractivity contribution in [3.05, 3.63) is 65.2 Å². The van der Waals surface area contributed by atoms with Crippen LogP contribution < -0.4 is 16.8 Å². The molecule has 0 aliphatic heterocycles. The second kappa shape index (κ2) is 12.8. The normalized spacial score (nSPS) is 13.5. The first-order valence-corrected chi connectivity index (χ1v) is 12.0. The number of phenols is 1. The lowest BCUT2D eigenvalue weighted by atomic mass is 9.97. The van der Waals surface area contributed by atoms with Gasteiger partial charge in [0.2, 0.25) is 17.7 Å². The molecule has 194 valence electrons. The number of carbonyl (C=O) groups is 4. The van der Waals surface area contributed by atoms with Gasteiger partial charge in [-0.05, 0) is 35.6 Å². The van der Waals surface area contributed by atoms with Crippen molar-refractivity contribution in [2.45, 2.75) is 58.2 Å². The second-order valence-electron chi connectivity index (χ2n) is 9.23. The summed E-state index contributed by atoms with van der Waals surface area (Å²) >= 11 is 0. The smallest absolute Gasteiger partial charge is 0.243 e. The van der Waals surface area contributed by atoms with E-state index in [9.17, 15) is 24.3 Å². The molecule has 0 radical (unpaired) electrons. The van der Waals surface area contributed by atoms with E-state index < -0.39 is 35.8 Å². The van der Waals surface area contributed by atoms with E-state index in [4.69, 9.17) is 11.5 Å². The van der Waals surface area contributed by atoms with E-state index in [0.29, 0.717) is 12.0 Å². The maximum absolute atomic E-state index is 13.2. The van der Waals surface area contributed by atoms with Crippen molar-refractivity contribution in [2.24, 2.45) is 17.4 Å². The highest BCUT2D eigenvalue weighted by atomic mass is 16.3. The van der Waals surface area contributed by atoms with Gasteiger partial charge in [-0.2, -0.15) is 0 Å². The molecule has 0 spiro atoms. The number of nitrogens with zero attached hydrogens (tertiary/aromatic N) is 1. The van der Waals surface area contributed by atoms with Gasteiger partial charge < -0.3 is 26.8 Å². The van der Waals surface area contributed by atoms with Gasteiger partial charge in [0, 0.05) is 19.9 Å². The summed E-state index contributed by atoms with van der Waals surface area (Å²) in [6.45, 7) is 5.26. The zero-order chi connectivity index (χ0) is 27.0. The molecule has 0 saturated carbocycles. The zero-order valence-electron chi connectivity index (χ0n) is 21.2. The summed E-state index contributed by atoms with van der Waals surface area (Å²) in [6.07, 6.45) is 0.539. The first kappa shape index (κ1) is 28.5. The van der Waals surface area contributed by atoms with Crippen molar-refractivity contribution in [1.29, 1.82) is 0 Å². The molecule has 0 fully saturated rings. The van der Waals surface area contributed by atoms with Gasteiger partial charge in [-0.25, -0.2) is 0 Å². The summed E-state index contributed by atoms with van der Waals surface area (Å²) in [6, 6.07) is 10.9. The maximum atomic E-state index is 13.2. The molecule has 6 N–H and O–H groups in total. The van der Waals surface area contributed by atoms with E-state index in [1.807, 2.05) is 30.3 Å². The van der Waals surface area contributed by atoms with Gasteiger partial charge in [0.1, 0.15) is 17.8 Å². The topological polar surface area (TPSA) is 156 Å². The van der Waals surface area contributed by atoms with Crippen molar-refractivity contribution in [3.63, 3.8) is 0 Å². The summed E-state index contributed by atoms with van der Waals surface area (Å²) in [5, 5.41) is 12.6. The molecule has 0 aliphatic rings. The van der Waals surface area contributed by atoms with Crippen LogP contribution in [0.5, 0.6) is 5.75 Å². The highest BCUT2D eigenvalue weighted by Gasteiger charge is 2.34. The molecular weight excluding hydrogens is 460 g/mol. The number of nitrogens with one attached hydrogen (secondary N) is 1. The number of hydrogen-bond donors (Lipinski definition) is 4. The van der Waals surface area contributed by atoms with Crippen molar-refractivity contribution >= 4 is 23.5 Å². The minimum Gasteiger partial charge on any atom is -0.507 e. The molecule has 3 amide bonds. The third kappa shape index (κ3) is 7.39. The lowest BCUT2D eigenvalue weighted by molar-refractivity contribution is -0.142. The number of benzene rings is 2. The van der Waals surface area contributed by atoms with Gasteiger partial charge in [-0.1, -0.05) is 57.2 Å². The number of phenolic OH excluding ortho intramolecular Hbond substituents is 1. The Morgan fingerprint density at radius 3 is 2.19 bits per heavy atom. The SMILES string of the molecule is CCC(=O)c1cc(C[C@H](NC(=O)[C@H](C(C)C)N(C)C(=O)C(N)Cc2ccccc2)C(N)=O)ccc1O. The van der Waals surface area contributed by atoms with E-state index in [1.165, 1.54) is 24.1 Å². The molecule has 3 atom stereocenters. The molecule has 0 saturated heterocycles. The van der Waals surface area contributed by atoms with E-state index in [2.05, 4.69) is 5.32 Å². The average Bonchev–Trinajstić information content (AvgIpc) is 2.83. The van der Waals surface area contributed by atoms with Gasteiger partial charge in [-0.15, -0.1) is 0 Å². The third-order valence-electron chi connectivity index (χ3n) is 6.06. The Morgan fingerprint density at radius 1 is 1.00 bits per heavy atom. The van der Waals surface area contributed by atoms with Crippen LogP contribution in [0.2, 0.25) is 0 Å². The van der Waals surface area contributed by atoms with E-state index in [1.54, 1.807) is 26.8 Å². The Bertz CT molecular complexity index is 1090. The summed E-state index contributed by atoms with van der Waals surface area (Å²) < 4.78 is 0. The fourth-order valence-electron chi connectivity index (χ4n) is 4.12. The molecule has 2 aromatic carbocycles. The maximum Gasteiger partial charge on any atom is 0.243 e. The fourth-order valence-corrected chi connectivity index (χ4v) is 4.12. The van der Waals surface area contributed by atoms with Crippen LogP contribution in [-0.4, -0.2) is 58.7 Å². The van der Waals surface area contributed by atoms with Crippen molar-refractivity contribution in [1.82, 2.24) is 10.2 Å². The van der Waals surface area contributed by atoms with Crippen LogP contribution in [0.1, 0.15) is 48.7 Å². The standard InChI is InChI=1S/C27H36N4O5/c1-5-22(32)19-13-18(11-12-23(19)33)15-21(25(29)34)30-26(35)24(16(2)3)31(4)27(36)20(28)14-17-9-7-6-8-10-17/h6-13,16,20-21,24,33H,5,14-15,28H2,1-4H3,(H2,29,34)(H,30,35)/t20?,21-,24-/m0/s1. The Kier molecular flexibility index (Phi) is 10.2. The predicted molar refractivity (Wildman–Crippen MR) is 137 cm³/mol. The molecule has 0 aromatic heterocycles. The first-order valence-electron chi connectivity index (χ1n) is 12.0. The molecule has 9 nitrogen and oxygen atoms in total. The highest BCUT2D eigenvalue weighted by molar-refractivity contribution is 5.98. The number of hydrogen-bond acceptors (Lipinski definition) is 6. The van der Waals surface area contributed by atoms with Crippen LogP contribution in [0, 0.1) is 5.92 Å². The van der Waals surface area contributed by atoms with Gasteiger partial charge in [-0.3, -0.25) is 19.2 Å². The number of aromatic hydroxyl groups is 1. The number of amides is 3. The number of nitrogens with two attached hydrogens (primary N) is 2. The quantitative estimate of drug-likeness (QED) is 0.327. The number of primary amides is 1. The summed E-state index contributed by atoms with van der Waals surface area (Å²) in [5.74, 6) is -2.39. The summed E-state index contributed by atoms with van der Waals surface area (Å²) in [7, 11) is 1.51. The van der Waals surface area contributed by atoms with Crippen molar-refractivity contribution < 1.29 is 24.3 Å². The molecule has 2 rings (SSSR count). The highest BCUT2D eigenvalue weighted by Crippen LogP contribution is 2.21. The van der Waals surface area contributed by atoms with Gasteiger partial charge in [0.15, 0.2) is 5.78 Å². The molecule has 0 heterocycles. The van der Waals surface area contributed by atoms with E-state index in [-0.39, 0.29) is 35.9 Å². The third-order valence-corrected chi connectivity index (χ3v) is 6.06. The number of Topliss-reactive ketones (excluding diaryl/α,β-unsaturated/α-hetero) is 1. The second-order valence-corrected chi connectivity index (χ2v) is 9.23. The first-order chi connectivity index (χ1) is 17.0. The lowest BCUT2D eigenvalue weighted by Crippen LogP contribution is -2.58. The zero-order valence-corrected chi connectivity index (χ0v) is 21.2. The van der Waals surface area contributed by atoms with Crippen LogP contribution in [0.25, 0.3) is 0 Å². The van der Waals surface area contributed by atoms with Crippen LogP contribution in [-0.2, 0) is 27.2 Å².